The minimum Gasteiger partial charge on any atom is -0.479 e. The van der Waals surface area contributed by atoms with Gasteiger partial charge in [0, 0.05) is 18.3 Å². The zero-order valence-corrected chi connectivity index (χ0v) is 17.3. The van der Waals surface area contributed by atoms with Crippen molar-refractivity contribution in [1.82, 2.24) is 4.57 Å². The van der Waals surface area contributed by atoms with Crippen molar-refractivity contribution in [2.24, 2.45) is 0 Å². The van der Waals surface area contributed by atoms with E-state index >= 15 is 0 Å². The first kappa shape index (κ1) is 22.2. The SMILES string of the molecule is Cc1ccc(C(=O)c2cccn2C/C=C/c2ccc(COC[C@@H](O)C(=O)O)cc2)cc1. The van der Waals surface area contributed by atoms with Crippen molar-refractivity contribution in [3.8, 4) is 0 Å². The van der Waals surface area contributed by atoms with Gasteiger partial charge in [-0.15, -0.1) is 0 Å². The molecule has 0 spiro atoms. The number of ether oxygens (including phenoxy) is 1. The minimum absolute atomic E-state index is 0.00392. The average Bonchev–Trinajstić information content (AvgIpc) is 3.23. The standard InChI is InChI=1S/C25H25NO5/c1-18-6-12-21(13-7-18)24(28)22-5-3-15-26(22)14-2-4-19-8-10-20(11-9-19)16-31-17-23(27)25(29)30/h2-13,15,23,27H,14,16-17H2,1H3,(H,29,30)/b4-2+/t23-/m1/s1. The Hall–Kier alpha value is -3.48. The molecule has 0 saturated carbocycles. The molecular weight excluding hydrogens is 394 g/mol. The minimum atomic E-state index is -1.52. The summed E-state index contributed by atoms with van der Waals surface area (Å²) in [4.78, 5) is 23.3. The fourth-order valence-electron chi connectivity index (χ4n) is 3.02. The van der Waals surface area contributed by atoms with Crippen LogP contribution in [0.4, 0.5) is 0 Å². The van der Waals surface area contributed by atoms with Gasteiger partial charge in [-0.25, -0.2) is 4.79 Å². The number of aliphatic carboxylic acids is 1. The summed E-state index contributed by atoms with van der Waals surface area (Å²) in [5.41, 5.74) is 4.30. The van der Waals surface area contributed by atoms with Crippen LogP contribution in [0.15, 0.2) is 72.9 Å². The van der Waals surface area contributed by atoms with E-state index in [1.807, 2.05) is 90.5 Å². The third-order valence-electron chi connectivity index (χ3n) is 4.80. The molecule has 0 aliphatic carbocycles. The first-order valence-corrected chi connectivity index (χ1v) is 9.94. The molecule has 2 aromatic carbocycles. The number of rotatable bonds is 10. The molecule has 0 radical (unpaired) electrons. The normalized spacial score (nSPS) is 12.2. The van der Waals surface area contributed by atoms with E-state index in [1.165, 1.54) is 0 Å². The van der Waals surface area contributed by atoms with E-state index in [-0.39, 0.29) is 19.0 Å². The lowest BCUT2D eigenvalue weighted by atomic mass is 10.1. The van der Waals surface area contributed by atoms with E-state index in [2.05, 4.69) is 0 Å². The number of ketones is 1. The number of aliphatic hydroxyl groups is 1. The highest BCUT2D eigenvalue weighted by Crippen LogP contribution is 2.13. The molecule has 3 aromatic rings. The number of hydrogen-bond acceptors (Lipinski definition) is 4. The Kier molecular flexibility index (Phi) is 7.54. The molecule has 2 N–H and O–H groups in total. The summed E-state index contributed by atoms with van der Waals surface area (Å²) in [6.07, 6.45) is 4.33. The topological polar surface area (TPSA) is 88.8 Å². The molecule has 0 amide bonds. The van der Waals surface area contributed by atoms with E-state index in [9.17, 15) is 14.7 Å². The van der Waals surface area contributed by atoms with Crippen molar-refractivity contribution in [2.45, 2.75) is 26.2 Å². The fourth-order valence-corrected chi connectivity index (χ4v) is 3.02. The maximum Gasteiger partial charge on any atom is 0.334 e. The number of aliphatic hydroxyl groups excluding tert-OH is 1. The lowest BCUT2D eigenvalue weighted by Gasteiger charge is -2.07. The molecule has 160 valence electrons. The smallest absolute Gasteiger partial charge is 0.334 e. The molecule has 6 nitrogen and oxygen atoms in total. The summed E-state index contributed by atoms with van der Waals surface area (Å²) in [7, 11) is 0. The number of hydrogen-bond donors (Lipinski definition) is 2. The number of allylic oxidation sites excluding steroid dienone is 1. The largest absolute Gasteiger partial charge is 0.479 e. The quantitative estimate of drug-likeness (QED) is 0.489. The van der Waals surface area contributed by atoms with Crippen molar-refractivity contribution in [2.75, 3.05) is 6.61 Å². The van der Waals surface area contributed by atoms with Gasteiger partial charge >= 0.3 is 5.97 Å². The van der Waals surface area contributed by atoms with Crippen LogP contribution in [0.3, 0.4) is 0 Å². The van der Waals surface area contributed by atoms with Crippen molar-refractivity contribution in [3.05, 3.63) is 101 Å². The van der Waals surface area contributed by atoms with Gasteiger partial charge in [-0.3, -0.25) is 4.79 Å². The molecule has 0 aliphatic rings. The molecule has 0 unspecified atom stereocenters. The second-order valence-corrected chi connectivity index (χ2v) is 7.25. The molecule has 0 bridgehead atoms. The number of carbonyl (C=O) groups is 2. The highest BCUT2D eigenvalue weighted by molar-refractivity contribution is 6.08. The Bertz CT molecular complexity index is 1050. The van der Waals surface area contributed by atoms with Crippen molar-refractivity contribution >= 4 is 17.8 Å². The summed E-state index contributed by atoms with van der Waals surface area (Å²) < 4.78 is 7.12. The van der Waals surface area contributed by atoms with Crippen LogP contribution in [0.25, 0.3) is 6.08 Å². The van der Waals surface area contributed by atoms with Crippen LogP contribution in [0.5, 0.6) is 0 Å². The van der Waals surface area contributed by atoms with Gasteiger partial charge in [-0.05, 0) is 30.2 Å². The van der Waals surface area contributed by atoms with Crippen molar-refractivity contribution in [1.29, 1.82) is 0 Å². The molecule has 6 heteroatoms. The van der Waals surface area contributed by atoms with Gasteiger partial charge < -0.3 is 19.5 Å². The number of carboxylic acids is 1. The lowest BCUT2D eigenvalue weighted by molar-refractivity contribution is -0.150. The lowest BCUT2D eigenvalue weighted by Crippen LogP contribution is -2.25. The second kappa shape index (κ2) is 10.5. The summed E-state index contributed by atoms with van der Waals surface area (Å²) in [5.74, 6) is -1.30. The number of aromatic nitrogens is 1. The number of carboxylic acid groups (broad SMARTS) is 1. The molecule has 31 heavy (non-hydrogen) atoms. The molecular formula is C25H25NO5. The van der Waals surface area contributed by atoms with Crippen LogP contribution in [0, 0.1) is 6.92 Å². The van der Waals surface area contributed by atoms with Crippen LogP contribution < -0.4 is 0 Å². The zero-order chi connectivity index (χ0) is 22.2. The molecule has 3 rings (SSSR count). The van der Waals surface area contributed by atoms with E-state index in [4.69, 9.17) is 9.84 Å². The summed E-state index contributed by atoms with van der Waals surface area (Å²) >= 11 is 0. The number of nitrogens with zero attached hydrogens (tertiary/aromatic N) is 1. The van der Waals surface area contributed by atoms with Crippen LogP contribution in [-0.4, -0.2) is 39.2 Å². The number of aryl methyl sites for hydroxylation is 1. The Balaban J connectivity index is 1.55. The van der Waals surface area contributed by atoms with Gasteiger partial charge in [-0.1, -0.05) is 66.2 Å². The Morgan fingerprint density at radius 1 is 1.06 bits per heavy atom. The van der Waals surface area contributed by atoms with E-state index in [1.54, 1.807) is 0 Å². The molecule has 1 aromatic heterocycles. The monoisotopic (exact) mass is 419 g/mol. The fraction of sp³-hybridized carbons (Fsp3) is 0.200. The summed E-state index contributed by atoms with van der Waals surface area (Å²) in [6, 6.07) is 18.9. The Labute approximate surface area is 181 Å². The maximum absolute atomic E-state index is 12.8. The molecule has 1 atom stereocenters. The Morgan fingerprint density at radius 2 is 1.77 bits per heavy atom. The first-order chi connectivity index (χ1) is 14.9. The highest BCUT2D eigenvalue weighted by Gasteiger charge is 2.13. The predicted octanol–water partition coefficient (Wildman–Crippen LogP) is 3.70. The molecule has 0 aliphatic heterocycles. The number of carbonyl (C=O) groups excluding carboxylic acids is 1. The van der Waals surface area contributed by atoms with Gasteiger partial charge in [0.2, 0.25) is 5.78 Å². The molecule has 0 fully saturated rings. The van der Waals surface area contributed by atoms with Crippen molar-refractivity contribution in [3.63, 3.8) is 0 Å². The molecule has 1 heterocycles. The third kappa shape index (κ3) is 6.25. The number of benzene rings is 2. The van der Waals surface area contributed by atoms with Gasteiger partial charge in [0.05, 0.1) is 18.9 Å². The van der Waals surface area contributed by atoms with Crippen LogP contribution in [0.2, 0.25) is 0 Å². The summed E-state index contributed by atoms with van der Waals surface area (Å²) in [6.45, 7) is 2.53. The van der Waals surface area contributed by atoms with E-state index in [0.29, 0.717) is 17.8 Å². The van der Waals surface area contributed by atoms with Gasteiger partial charge in [0.15, 0.2) is 6.10 Å². The van der Waals surface area contributed by atoms with Crippen LogP contribution >= 0.6 is 0 Å². The maximum atomic E-state index is 12.8. The third-order valence-corrected chi connectivity index (χ3v) is 4.80. The van der Waals surface area contributed by atoms with E-state index in [0.717, 1.165) is 16.7 Å². The van der Waals surface area contributed by atoms with Gasteiger partial charge in [0.25, 0.3) is 0 Å². The average molecular weight is 419 g/mol. The van der Waals surface area contributed by atoms with Gasteiger partial charge in [-0.2, -0.15) is 0 Å². The summed E-state index contributed by atoms with van der Waals surface area (Å²) in [5, 5.41) is 17.8. The predicted molar refractivity (Wildman–Crippen MR) is 118 cm³/mol. The van der Waals surface area contributed by atoms with Crippen LogP contribution in [0.1, 0.15) is 32.7 Å². The second-order valence-electron chi connectivity index (χ2n) is 7.25. The van der Waals surface area contributed by atoms with Crippen molar-refractivity contribution < 1.29 is 24.5 Å². The highest BCUT2D eigenvalue weighted by atomic mass is 16.5. The first-order valence-electron chi connectivity index (χ1n) is 9.94. The zero-order valence-electron chi connectivity index (χ0n) is 17.3. The van der Waals surface area contributed by atoms with E-state index < -0.39 is 12.1 Å². The molecule has 0 saturated heterocycles. The Morgan fingerprint density at radius 3 is 2.45 bits per heavy atom. The van der Waals surface area contributed by atoms with Gasteiger partial charge in [0.1, 0.15) is 0 Å². The van der Waals surface area contributed by atoms with Crippen LogP contribution in [-0.2, 0) is 22.7 Å².